The average Bonchev–Trinajstić information content (AvgIpc) is 3.16. The van der Waals surface area contributed by atoms with Crippen molar-refractivity contribution < 1.29 is 13.6 Å². The van der Waals surface area contributed by atoms with Gasteiger partial charge in [0.15, 0.2) is 0 Å². The first-order chi connectivity index (χ1) is 12.6. The smallest absolute Gasteiger partial charge is 0.318 e. The first-order valence-corrected chi connectivity index (χ1v) is 9.21. The van der Waals surface area contributed by atoms with Gasteiger partial charge in [-0.2, -0.15) is 0 Å². The van der Waals surface area contributed by atoms with Gasteiger partial charge in [-0.3, -0.25) is 4.79 Å². The Hall–Kier alpha value is -2.44. The summed E-state index contributed by atoms with van der Waals surface area (Å²) in [7, 11) is 0. The monoisotopic (exact) mass is 360 g/mol. The lowest BCUT2D eigenvalue weighted by atomic mass is 9.92. The van der Waals surface area contributed by atoms with Crippen molar-refractivity contribution in [2.24, 2.45) is 0 Å². The summed E-state index contributed by atoms with van der Waals surface area (Å²) in [6.07, 6.45) is 2.01. The van der Waals surface area contributed by atoms with Gasteiger partial charge in [0.2, 0.25) is 11.8 Å². The lowest BCUT2D eigenvalue weighted by Crippen LogP contribution is -2.49. The summed E-state index contributed by atoms with van der Waals surface area (Å²) in [5.41, 5.74) is 1.01. The van der Waals surface area contributed by atoms with Crippen molar-refractivity contribution >= 4 is 11.9 Å². The topological polar surface area (TPSA) is 62.5 Å². The molecule has 1 fully saturated rings. The molecule has 0 radical (unpaired) electrons. The van der Waals surface area contributed by atoms with Gasteiger partial charge in [0.05, 0.1) is 0 Å². The van der Waals surface area contributed by atoms with Crippen LogP contribution in [-0.2, 0) is 11.2 Å². The van der Waals surface area contributed by atoms with Gasteiger partial charge in [0.25, 0.3) is 0 Å². The number of hydrogen-bond acceptors (Lipinski definition) is 5. The summed E-state index contributed by atoms with van der Waals surface area (Å²) in [5.74, 6) is 0.631. The van der Waals surface area contributed by atoms with E-state index in [9.17, 15) is 9.18 Å². The third-order valence-corrected chi connectivity index (χ3v) is 4.92. The van der Waals surface area contributed by atoms with Crippen molar-refractivity contribution in [3.8, 4) is 0 Å². The highest BCUT2D eigenvalue weighted by Crippen LogP contribution is 2.25. The number of rotatable bonds is 6. The third-order valence-electron chi connectivity index (χ3n) is 4.92. The summed E-state index contributed by atoms with van der Waals surface area (Å²) in [5, 5.41) is 8.05. The van der Waals surface area contributed by atoms with Crippen LogP contribution in [0, 0.1) is 5.82 Å². The molecule has 0 saturated carbocycles. The minimum absolute atomic E-state index is 0.115. The van der Waals surface area contributed by atoms with E-state index in [1.54, 1.807) is 12.1 Å². The summed E-state index contributed by atoms with van der Waals surface area (Å²) < 4.78 is 18.7. The zero-order valence-corrected chi connectivity index (χ0v) is 15.3. The maximum absolute atomic E-state index is 13.1. The number of carbonyl (C=O) groups is 1. The predicted molar refractivity (Wildman–Crippen MR) is 96.5 cm³/mol. The molecule has 3 rings (SSSR count). The van der Waals surface area contributed by atoms with E-state index in [1.165, 1.54) is 12.1 Å². The number of carbonyl (C=O) groups excluding carboxylic acids is 1. The van der Waals surface area contributed by atoms with Crippen LogP contribution in [0.5, 0.6) is 0 Å². The fourth-order valence-corrected chi connectivity index (χ4v) is 3.24. The molecule has 0 spiro atoms. The van der Waals surface area contributed by atoms with E-state index in [1.807, 2.05) is 16.7 Å². The van der Waals surface area contributed by atoms with Gasteiger partial charge < -0.3 is 14.2 Å². The van der Waals surface area contributed by atoms with E-state index in [0.717, 1.165) is 12.0 Å². The van der Waals surface area contributed by atoms with E-state index in [4.69, 9.17) is 4.42 Å². The molecule has 1 amide bonds. The fourth-order valence-electron chi connectivity index (χ4n) is 3.24. The van der Waals surface area contributed by atoms with E-state index in [0.29, 0.717) is 50.9 Å². The van der Waals surface area contributed by atoms with Crippen molar-refractivity contribution in [3.63, 3.8) is 0 Å². The highest BCUT2D eigenvalue weighted by atomic mass is 19.1. The SMILES string of the molecule is CCc1nnc(N2CCN(C(=O)CC(CC)c3ccc(F)cc3)CC2)o1. The van der Waals surface area contributed by atoms with Crippen molar-refractivity contribution in [3.05, 3.63) is 41.5 Å². The van der Waals surface area contributed by atoms with Gasteiger partial charge >= 0.3 is 6.01 Å². The Labute approximate surface area is 153 Å². The number of aryl methyl sites for hydroxylation is 1. The first kappa shape index (κ1) is 18.4. The molecule has 26 heavy (non-hydrogen) atoms. The van der Waals surface area contributed by atoms with Crippen LogP contribution in [0.2, 0.25) is 0 Å². The Kier molecular flexibility index (Phi) is 5.85. The zero-order chi connectivity index (χ0) is 18.5. The van der Waals surface area contributed by atoms with Gasteiger partial charge in [0.1, 0.15) is 5.82 Å². The van der Waals surface area contributed by atoms with E-state index < -0.39 is 0 Å². The van der Waals surface area contributed by atoms with Crippen LogP contribution in [-0.4, -0.2) is 47.2 Å². The summed E-state index contributed by atoms with van der Waals surface area (Å²) in [6.45, 7) is 6.68. The lowest BCUT2D eigenvalue weighted by Gasteiger charge is -2.34. The zero-order valence-electron chi connectivity index (χ0n) is 15.3. The first-order valence-electron chi connectivity index (χ1n) is 9.21. The standard InChI is InChI=1S/C19H25FN4O2/c1-3-14(15-5-7-16(20)8-6-15)13-18(25)23-9-11-24(12-10-23)19-22-21-17(4-2)26-19/h5-8,14H,3-4,9-13H2,1-2H3. The maximum atomic E-state index is 13.1. The summed E-state index contributed by atoms with van der Waals surface area (Å²) in [4.78, 5) is 16.6. The molecule has 1 aromatic carbocycles. The van der Waals surface area contributed by atoms with Gasteiger partial charge in [-0.05, 0) is 30.0 Å². The number of hydrogen-bond donors (Lipinski definition) is 0. The van der Waals surface area contributed by atoms with Gasteiger partial charge in [-0.15, -0.1) is 5.10 Å². The van der Waals surface area contributed by atoms with E-state index in [-0.39, 0.29) is 17.6 Å². The molecule has 1 aliphatic rings. The molecule has 140 valence electrons. The van der Waals surface area contributed by atoms with Crippen molar-refractivity contribution in [2.75, 3.05) is 31.1 Å². The number of piperazine rings is 1. The molecule has 0 N–H and O–H groups in total. The highest BCUT2D eigenvalue weighted by Gasteiger charge is 2.25. The van der Waals surface area contributed by atoms with Crippen molar-refractivity contribution in [2.45, 2.75) is 39.0 Å². The molecule has 0 aliphatic carbocycles. The van der Waals surface area contributed by atoms with Crippen LogP contribution in [0.3, 0.4) is 0 Å². The lowest BCUT2D eigenvalue weighted by molar-refractivity contribution is -0.132. The summed E-state index contributed by atoms with van der Waals surface area (Å²) >= 11 is 0. The van der Waals surface area contributed by atoms with Gasteiger partial charge in [0, 0.05) is 39.0 Å². The Morgan fingerprint density at radius 2 is 1.85 bits per heavy atom. The molecule has 0 bridgehead atoms. The van der Waals surface area contributed by atoms with Crippen molar-refractivity contribution in [1.29, 1.82) is 0 Å². The molecule has 2 aromatic rings. The number of aromatic nitrogens is 2. The van der Waals surface area contributed by atoms with Crippen LogP contribution in [0.25, 0.3) is 0 Å². The largest absolute Gasteiger partial charge is 0.408 e. The molecule has 1 saturated heterocycles. The van der Waals surface area contributed by atoms with Crippen LogP contribution < -0.4 is 4.90 Å². The number of benzene rings is 1. The molecule has 2 heterocycles. The molecule has 1 atom stereocenters. The molecule has 1 aromatic heterocycles. The van der Waals surface area contributed by atoms with Gasteiger partial charge in [-0.1, -0.05) is 31.1 Å². The molecule has 6 nitrogen and oxygen atoms in total. The van der Waals surface area contributed by atoms with Crippen LogP contribution >= 0.6 is 0 Å². The molecule has 7 heteroatoms. The number of amides is 1. The van der Waals surface area contributed by atoms with E-state index >= 15 is 0 Å². The second-order valence-electron chi connectivity index (χ2n) is 6.56. The third kappa shape index (κ3) is 4.20. The minimum atomic E-state index is -0.252. The number of anilines is 1. The maximum Gasteiger partial charge on any atom is 0.318 e. The van der Waals surface area contributed by atoms with Crippen LogP contribution in [0.15, 0.2) is 28.7 Å². The van der Waals surface area contributed by atoms with Gasteiger partial charge in [-0.25, -0.2) is 4.39 Å². The van der Waals surface area contributed by atoms with Crippen molar-refractivity contribution in [1.82, 2.24) is 15.1 Å². The van der Waals surface area contributed by atoms with Crippen LogP contribution in [0.4, 0.5) is 10.4 Å². The highest BCUT2D eigenvalue weighted by molar-refractivity contribution is 5.77. The molecular weight excluding hydrogens is 335 g/mol. The number of nitrogens with zero attached hydrogens (tertiary/aromatic N) is 4. The Morgan fingerprint density at radius 3 is 2.42 bits per heavy atom. The average molecular weight is 360 g/mol. The second kappa shape index (κ2) is 8.29. The number of halogens is 1. The quantitative estimate of drug-likeness (QED) is 0.792. The van der Waals surface area contributed by atoms with Crippen LogP contribution in [0.1, 0.15) is 44.1 Å². The molecule has 1 unspecified atom stereocenters. The predicted octanol–water partition coefficient (Wildman–Crippen LogP) is 3.00. The fraction of sp³-hybridized carbons (Fsp3) is 0.526. The Morgan fingerprint density at radius 1 is 1.15 bits per heavy atom. The Bertz CT molecular complexity index is 723. The minimum Gasteiger partial charge on any atom is -0.408 e. The van der Waals surface area contributed by atoms with E-state index in [2.05, 4.69) is 17.1 Å². The molecular formula is C19H25FN4O2. The Balaban J connectivity index is 1.55. The second-order valence-corrected chi connectivity index (χ2v) is 6.56. The molecule has 1 aliphatic heterocycles. The normalized spacial score (nSPS) is 16.0. The summed E-state index contributed by atoms with van der Waals surface area (Å²) in [6, 6.07) is 6.99.